The number of halogens is 1. The molecule has 1 unspecified atom stereocenters. The number of carbonyl (C=O) groups is 1. The molecule has 0 aliphatic heterocycles. The first-order valence-electron chi connectivity index (χ1n) is 9.29. The highest BCUT2D eigenvalue weighted by atomic mass is 35.5. The number of fused-ring (bicyclic) bond motifs is 1. The smallest absolute Gasteiger partial charge is 0.336 e. The number of hydrogen-bond donors (Lipinski definition) is 2. The van der Waals surface area contributed by atoms with Crippen LogP contribution < -0.4 is 15.8 Å². The topological polar surface area (TPSA) is 63.8 Å². The lowest BCUT2D eigenvalue weighted by atomic mass is 10.1. The van der Waals surface area contributed by atoms with Gasteiger partial charge in [-0.3, -0.25) is 4.79 Å². The van der Waals surface area contributed by atoms with E-state index < -0.39 is 5.63 Å². The molecule has 0 aliphatic rings. The van der Waals surface area contributed by atoms with Crippen LogP contribution in [0.5, 0.6) is 0 Å². The highest BCUT2D eigenvalue weighted by Gasteiger charge is 2.16. The van der Waals surface area contributed by atoms with Crippen LogP contribution in [0.1, 0.15) is 23.6 Å². The average molecular weight is 400 g/mol. The molecule has 0 bridgehead atoms. The Morgan fingerprint density at radius 2 is 1.93 bits per heavy atom. The van der Waals surface area contributed by atoms with E-state index in [1.165, 1.54) is 6.07 Å². The Kier molecular flexibility index (Phi) is 6.17. The van der Waals surface area contributed by atoms with E-state index in [2.05, 4.69) is 12.2 Å². The molecule has 1 heterocycles. The van der Waals surface area contributed by atoms with E-state index in [0.717, 1.165) is 39.1 Å². The Bertz CT molecular complexity index is 1080. The number of carbonyl (C=O) groups excluding carboxylic acids is 1. The van der Waals surface area contributed by atoms with Gasteiger partial charge in [0.1, 0.15) is 12.1 Å². The first-order valence-corrected chi connectivity index (χ1v) is 9.67. The molecular formula is C22H24ClN2O3+. The molecule has 146 valence electrons. The molecular weight excluding hydrogens is 376 g/mol. The highest BCUT2D eigenvalue weighted by Crippen LogP contribution is 2.24. The van der Waals surface area contributed by atoms with Crippen molar-refractivity contribution < 1.29 is 14.1 Å². The molecule has 5 nitrogen and oxygen atoms in total. The van der Waals surface area contributed by atoms with E-state index in [1.54, 1.807) is 6.07 Å². The predicted octanol–water partition coefficient (Wildman–Crippen LogP) is 2.97. The lowest BCUT2D eigenvalue weighted by Gasteiger charge is -2.16. The lowest BCUT2D eigenvalue weighted by molar-refractivity contribution is -0.885. The van der Waals surface area contributed by atoms with Gasteiger partial charge in [0.15, 0.2) is 6.54 Å². The zero-order valence-corrected chi connectivity index (χ0v) is 17.0. The summed E-state index contributed by atoms with van der Waals surface area (Å²) < 4.78 is 5.30. The van der Waals surface area contributed by atoms with Crippen LogP contribution in [0.3, 0.4) is 0 Å². The van der Waals surface area contributed by atoms with Gasteiger partial charge >= 0.3 is 5.63 Å². The second-order valence-corrected chi connectivity index (χ2v) is 7.46. The normalized spacial score (nSPS) is 12.1. The first kappa shape index (κ1) is 20.1. The van der Waals surface area contributed by atoms with Gasteiger partial charge in [-0.05, 0) is 42.7 Å². The summed E-state index contributed by atoms with van der Waals surface area (Å²) >= 11 is 6.25. The number of para-hydroxylation sites is 1. The molecule has 28 heavy (non-hydrogen) atoms. The lowest BCUT2D eigenvalue weighted by Crippen LogP contribution is -3.08. The maximum absolute atomic E-state index is 12.5. The van der Waals surface area contributed by atoms with Gasteiger partial charge in [0.2, 0.25) is 0 Å². The Morgan fingerprint density at radius 3 is 2.68 bits per heavy atom. The summed E-state index contributed by atoms with van der Waals surface area (Å²) in [7, 11) is 1.92. The fourth-order valence-corrected chi connectivity index (χ4v) is 3.46. The molecule has 0 saturated carbocycles. The Labute approximate surface area is 168 Å². The third kappa shape index (κ3) is 4.61. The number of amides is 1. The number of nitrogens with one attached hydrogen (secondary N) is 2. The monoisotopic (exact) mass is 399 g/mol. The standard InChI is InChI=1S/C22H23ClN2O3/c1-4-15-7-5-6-8-19(15)24-21(26)13-25(3)12-16-10-22(27)28-20-9-14(2)18(23)11-17(16)20/h5-11H,4,12-13H2,1-3H3,(H,24,26)/p+1. The van der Waals surface area contributed by atoms with Crippen LogP contribution in [-0.4, -0.2) is 19.5 Å². The minimum Gasteiger partial charge on any atom is -0.423 e. The Hall–Kier alpha value is -2.63. The van der Waals surface area contributed by atoms with Crippen molar-refractivity contribution in [1.82, 2.24) is 0 Å². The zero-order chi connectivity index (χ0) is 20.3. The second kappa shape index (κ2) is 8.59. The molecule has 0 spiro atoms. The number of hydrogen-bond acceptors (Lipinski definition) is 3. The molecule has 3 aromatic rings. The van der Waals surface area contributed by atoms with E-state index in [1.807, 2.05) is 44.3 Å². The quantitative estimate of drug-likeness (QED) is 0.626. The summed E-state index contributed by atoms with van der Waals surface area (Å²) in [5, 5.41) is 4.40. The van der Waals surface area contributed by atoms with Gasteiger partial charge < -0.3 is 14.6 Å². The zero-order valence-electron chi connectivity index (χ0n) is 16.3. The molecule has 0 aliphatic carbocycles. The molecule has 6 heteroatoms. The second-order valence-electron chi connectivity index (χ2n) is 7.06. The molecule has 1 aromatic heterocycles. The third-order valence-corrected chi connectivity index (χ3v) is 5.14. The van der Waals surface area contributed by atoms with Crippen LogP contribution in [0, 0.1) is 6.92 Å². The number of anilines is 1. The highest BCUT2D eigenvalue weighted by molar-refractivity contribution is 6.32. The van der Waals surface area contributed by atoms with E-state index >= 15 is 0 Å². The van der Waals surface area contributed by atoms with Crippen LogP contribution in [0.25, 0.3) is 11.0 Å². The van der Waals surface area contributed by atoms with Crippen molar-refractivity contribution >= 4 is 34.2 Å². The first-order chi connectivity index (χ1) is 13.4. The van der Waals surface area contributed by atoms with Gasteiger partial charge in [-0.25, -0.2) is 4.79 Å². The van der Waals surface area contributed by atoms with E-state index in [-0.39, 0.29) is 12.5 Å². The molecule has 1 atom stereocenters. The summed E-state index contributed by atoms with van der Waals surface area (Å²) in [4.78, 5) is 25.4. The maximum Gasteiger partial charge on any atom is 0.336 e. The number of benzene rings is 2. The van der Waals surface area contributed by atoms with Gasteiger partial charge in [-0.2, -0.15) is 0 Å². The summed E-state index contributed by atoms with van der Waals surface area (Å²) in [5.41, 5.74) is 3.72. The Morgan fingerprint density at radius 1 is 1.18 bits per heavy atom. The van der Waals surface area contributed by atoms with Gasteiger partial charge in [-0.1, -0.05) is 36.7 Å². The molecule has 2 N–H and O–H groups in total. The minimum atomic E-state index is -0.404. The number of likely N-dealkylation sites (N-methyl/N-ethyl adjacent to an activating group) is 1. The summed E-state index contributed by atoms with van der Waals surface area (Å²) in [6.45, 7) is 4.70. The van der Waals surface area contributed by atoms with Crippen molar-refractivity contribution in [3.63, 3.8) is 0 Å². The summed E-state index contributed by atoms with van der Waals surface area (Å²) in [6, 6.07) is 12.8. The SMILES string of the molecule is CCc1ccccc1NC(=O)C[NH+](C)Cc1cc(=O)oc2cc(C)c(Cl)cc12. The Balaban J connectivity index is 1.76. The molecule has 1 amide bonds. The summed E-state index contributed by atoms with van der Waals surface area (Å²) in [5.74, 6) is -0.0699. The van der Waals surface area contributed by atoms with Crippen LogP contribution in [0.4, 0.5) is 5.69 Å². The maximum atomic E-state index is 12.5. The average Bonchev–Trinajstić information content (AvgIpc) is 2.63. The number of quaternary nitrogens is 1. The van der Waals surface area contributed by atoms with E-state index in [0.29, 0.717) is 17.2 Å². The van der Waals surface area contributed by atoms with Crippen molar-refractivity contribution in [1.29, 1.82) is 0 Å². The van der Waals surface area contributed by atoms with Crippen molar-refractivity contribution in [2.24, 2.45) is 0 Å². The van der Waals surface area contributed by atoms with E-state index in [4.69, 9.17) is 16.0 Å². The molecule has 0 fully saturated rings. The van der Waals surface area contributed by atoms with Gasteiger partial charge in [-0.15, -0.1) is 0 Å². The predicted molar refractivity (Wildman–Crippen MR) is 112 cm³/mol. The minimum absolute atomic E-state index is 0.0699. The van der Waals surface area contributed by atoms with Gasteiger partial charge in [0, 0.05) is 27.7 Å². The molecule has 2 aromatic carbocycles. The van der Waals surface area contributed by atoms with E-state index in [9.17, 15) is 9.59 Å². The molecule has 0 saturated heterocycles. The fourth-order valence-electron chi connectivity index (χ4n) is 3.30. The van der Waals surface area contributed by atoms with Crippen molar-refractivity contribution in [2.45, 2.75) is 26.8 Å². The van der Waals surface area contributed by atoms with Crippen molar-refractivity contribution in [2.75, 3.05) is 18.9 Å². The van der Waals surface area contributed by atoms with Crippen molar-refractivity contribution in [3.05, 3.63) is 74.6 Å². The van der Waals surface area contributed by atoms with Crippen molar-refractivity contribution in [3.8, 4) is 0 Å². The molecule has 3 rings (SSSR count). The number of rotatable bonds is 6. The fraction of sp³-hybridized carbons (Fsp3) is 0.273. The number of aryl methyl sites for hydroxylation is 2. The van der Waals surface area contributed by atoms with Crippen LogP contribution >= 0.6 is 11.6 Å². The van der Waals surface area contributed by atoms with Crippen LogP contribution in [-0.2, 0) is 17.8 Å². The summed E-state index contributed by atoms with van der Waals surface area (Å²) in [6.07, 6.45) is 0.852. The third-order valence-electron chi connectivity index (χ3n) is 4.74. The largest absolute Gasteiger partial charge is 0.423 e. The van der Waals surface area contributed by atoms with Gasteiger partial charge in [0.25, 0.3) is 5.91 Å². The van der Waals surface area contributed by atoms with Crippen LogP contribution in [0.15, 0.2) is 51.7 Å². The van der Waals surface area contributed by atoms with Gasteiger partial charge in [0.05, 0.1) is 7.05 Å². The van der Waals surface area contributed by atoms with Crippen LogP contribution in [0.2, 0.25) is 5.02 Å². The molecule has 0 radical (unpaired) electrons.